The van der Waals surface area contributed by atoms with E-state index in [1.54, 1.807) is 0 Å². The first-order valence-corrected chi connectivity index (χ1v) is 7.81. The summed E-state index contributed by atoms with van der Waals surface area (Å²) in [5.74, 6) is 0.716. The molecule has 0 spiro atoms. The van der Waals surface area contributed by atoms with Crippen LogP contribution in [0.25, 0.3) is 5.65 Å². The molecule has 0 fully saturated rings. The standard InChI is InChI=1S/C15H16N4OS/c1-2-6-11(16-15(20)12-7-5-10-21-12)14-18-17-13-8-3-4-9-19(13)14/h3-5,7-11H,2,6H2,1H3,(H,16,20)/t11-/m1/s1. The molecule has 3 rings (SSSR count). The Morgan fingerprint density at radius 2 is 2.24 bits per heavy atom. The van der Waals surface area contributed by atoms with Crippen molar-refractivity contribution in [2.45, 2.75) is 25.8 Å². The summed E-state index contributed by atoms with van der Waals surface area (Å²) >= 11 is 1.44. The summed E-state index contributed by atoms with van der Waals surface area (Å²) in [5, 5.41) is 13.4. The summed E-state index contributed by atoms with van der Waals surface area (Å²) in [6.07, 6.45) is 3.70. The number of hydrogen-bond acceptors (Lipinski definition) is 4. The van der Waals surface area contributed by atoms with E-state index in [0.29, 0.717) is 4.88 Å². The number of nitrogens with zero attached hydrogens (tertiary/aromatic N) is 3. The highest BCUT2D eigenvalue weighted by atomic mass is 32.1. The summed E-state index contributed by atoms with van der Waals surface area (Å²) in [6, 6.07) is 9.32. The minimum absolute atomic E-state index is 0.0591. The molecule has 0 bridgehead atoms. The first kappa shape index (κ1) is 13.8. The molecule has 0 radical (unpaired) electrons. The molecule has 0 aromatic carbocycles. The fourth-order valence-electron chi connectivity index (χ4n) is 2.29. The highest BCUT2D eigenvalue weighted by molar-refractivity contribution is 7.12. The van der Waals surface area contributed by atoms with Crippen molar-refractivity contribution in [3.05, 3.63) is 52.6 Å². The molecule has 1 amide bonds. The molecular weight excluding hydrogens is 284 g/mol. The summed E-state index contributed by atoms with van der Waals surface area (Å²) in [7, 11) is 0. The maximum Gasteiger partial charge on any atom is 0.261 e. The largest absolute Gasteiger partial charge is 0.341 e. The summed E-state index contributed by atoms with van der Waals surface area (Å²) in [6.45, 7) is 2.09. The van der Waals surface area contributed by atoms with Crippen LogP contribution in [0.4, 0.5) is 0 Å². The molecule has 1 N–H and O–H groups in total. The number of nitrogens with one attached hydrogen (secondary N) is 1. The third-order valence-electron chi connectivity index (χ3n) is 3.28. The zero-order chi connectivity index (χ0) is 14.7. The van der Waals surface area contributed by atoms with E-state index < -0.39 is 0 Å². The zero-order valence-electron chi connectivity index (χ0n) is 11.7. The number of carbonyl (C=O) groups is 1. The SMILES string of the molecule is CCC[C@@H](NC(=O)c1cccs1)c1nnc2ccccn12. The second kappa shape index (κ2) is 6.05. The van der Waals surface area contributed by atoms with Crippen LogP contribution in [0.5, 0.6) is 0 Å². The van der Waals surface area contributed by atoms with Gasteiger partial charge >= 0.3 is 0 Å². The topological polar surface area (TPSA) is 59.3 Å². The molecular formula is C15H16N4OS. The average molecular weight is 300 g/mol. The van der Waals surface area contributed by atoms with Crippen LogP contribution < -0.4 is 5.32 Å². The summed E-state index contributed by atoms with van der Waals surface area (Å²) < 4.78 is 1.93. The Bertz CT molecular complexity index is 735. The lowest BCUT2D eigenvalue weighted by atomic mass is 10.1. The molecule has 3 aromatic heterocycles. The van der Waals surface area contributed by atoms with E-state index >= 15 is 0 Å². The second-order valence-electron chi connectivity index (χ2n) is 4.78. The van der Waals surface area contributed by atoms with Gasteiger partial charge in [-0.25, -0.2) is 0 Å². The maximum atomic E-state index is 12.3. The van der Waals surface area contributed by atoms with Crippen molar-refractivity contribution in [3.8, 4) is 0 Å². The van der Waals surface area contributed by atoms with Gasteiger partial charge in [0.25, 0.3) is 5.91 Å². The number of pyridine rings is 1. The van der Waals surface area contributed by atoms with Crippen LogP contribution in [0.3, 0.4) is 0 Å². The smallest absolute Gasteiger partial charge is 0.261 e. The first-order valence-electron chi connectivity index (χ1n) is 6.93. The van der Waals surface area contributed by atoms with Crippen molar-refractivity contribution in [2.75, 3.05) is 0 Å². The zero-order valence-corrected chi connectivity index (χ0v) is 12.5. The number of hydrogen-bond donors (Lipinski definition) is 1. The number of fused-ring (bicyclic) bond motifs is 1. The van der Waals surface area contributed by atoms with E-state index in [9.17, 15) is 4.79 Å². The quantitative estimate of drug-likeness (QED) is 0.788. The minimum Gasteiger partial charge on any atom is -0.341 e. The van der Waals surface area contributed by atoms with Gasteiger partial charge in [-0.1, -0.05) is 25.5 Å². The van der Waals surface area contributed by atoms with Crippen LogP contribution in [0, 0.1) is 0 Å². The third kappa shape index (κ3) is 2.80. The van der Waals surface area contributed by atoms with Gasteiger partial charge in [0, 0.05) is 6.20 Å². The van der Waals surface area contributed by atoms with Gasteiger partial charge in [0.05, 0.1) is 10.9 Å². The van der Waals surface area contributed by atoms with E-state index in [2.05, 4.69) is 22.4 Å². The molecule has 0 aliphatic rings. The predicted molar refractivity (Wildman–Crippen MR) is 82.4 cm³/mol. The Morgan fingerprint density at radius 1 is 1.33 bits per heavy atom. The molecule has 6 heteroatoms. The Morgan fingerprint density at radius 3 is 3.00 bits per heavy atom. The molecule has 21 heavy (non-hydrogen) atoms. The van der Waals surface area contributed by atoms with Gasteiger partial charge in [-0.3, -0.25) is 9.20 Å². The van der Waals surface area contributed by atoms with Gasteiger partial charge in [0.1, 0.15) is 0 Å². The van der Waals surface area contributed by atoms with Crippen LogP contribution in [0.1, 0.15) is 41.3 Å². The lowest BCUT2D eigenvalue weighted by Gasteiger charge is -2.16. The lowest BCUT2D eigenvalue weighted by molar-refractivity contribution is 0.0936. The lowest BCUT2D eigenvalue weighted by Crippen LogP contribution is -2.29. The predicted octanol–water partition coefficient (Wildman–Crippen LogP) is 3.06. The Hall–Kier alpha value is -2.21. The highest BCUT2D eigenvalue weighted by Gasteiger charge is 2.20. The molecule has 0 saturated heterocycles. The molecule has 0 unspecified atom stereocenters. The Kier molecular flexibility index (Phi) is 3.96. The molecule has 108 valence electrons. The Labute approximate surface area is 126 Å². The molecule has 1 atom stereocenters. The van der Waals surface area contributed by atoms with E-state index in [-0.39, 0.29) is 11.9 Å². The monoisotopic (exact) mass is 300 g/mol. The van der Waals surface area contributed by atoms with Crippen LogP contribution in [-0.2, 0) is 0 Å². The Balaban J connectivity index is 1.89. The van der Waals surface area contributed by atoms with Gasteiger partial charge in [-0.05, 0) is 30.0 Å². The van der Waals surface area contributed by atoms with Crippen LogP contribution in [0.15, 0.2) is 41.9 Å². The van der Waals surface area contributed by atoms with Crippen molar-refractivity contribution in [3.63, 3.8) is 0 Å². The summed E-state index contributed by atoms with van der Waals surface area (Å²) in [5.41, 5.74) is 0.791. The van der Waals surface area contributed by atoms with E-state index in [1.165, 1.54) is 11.3 Å². The van der Waals surface area contributed by atoms with Crippen LogP contribution >= 0.6 is 11.3 Å². The second-order valence-corrected chi connectivity index (χ2v) is 5.73. The number of amides is 1. The number of thiophene rings is 1. The molecule has 0 aliphatic heterocycles. The molecule has 0 aliphatic carbocycles. The van der Waals surface area contributed by atoms with Crippen LogP contribution in [-0.4, -0.2) is 20.5 Å². The van der Waals surface area contributed by atoms with Crippen molar-refractivity contribution < 1.29 is 4.79 Å². The van der Waals surface area contributed by atoms with Crippen molar-refractivity contribution in [1.29, 1.82) is 0 Å². The molecule has 0 saturated carbocycles. The summed E-state index contributed by atoms with van der Waals surface area (Å²) in [4.78, 5) is 13.0. The first-order chi connectivity index (χ1) is 10.3. The number of carbonyl (C=O) groups excluding carboxylic acids is 1. The van der Waals surface area contributed by atoms with Crippen molar-refractivity contribution in [1.82, 2.24) is 19.9 Å². The van der Waals surface area contributed by atoms with Gasteiger partial charge in [-0.15, -0.1) is 21.5 Å². The molecule has 3 aromatic rings. The van der Waals surface area contributed by atoms with Crippen LogP contribution in [0.2, 0.25) is 0 Å². The van der Waals surface area contributed by atoms with Crippen molar-refractivity contribution >= 4 is 22.9 Å². The van der Waals surface area contributed by atoms with E-state index in [1.807, 2.05) is 46.3 Å². The van der Waals surface area contributed by atoms with Gasteiger partial charge in [0.15, 0.2) is 11.5 Å². The number of aromatic nitrogens is 3. The van der Waals surface area contributed by atoms with Gasteiger partial charge < -0.3 is 5.32 Å². The number of rotatable bonds is 5. The molecule has 3 heterocycles. The fourth-order valence-corrected chi connectivity index (χ4v) is 2.92. The fraction of sp³-hybridized carbons (Fsp3) is 0.267. The minimum atomic E-state index is -0.137. The van der Waals surface area contributed by atoms with Gasteiger partial charge in [-0.2, -0.15) is 0 Å². The third-order valence-corrected chi connectivity index (χ3v) is 4.15. The molecule has 5 nitrogen and oxygen atoms in total. The maximum absolute atomic E-state index is 12.3. The normalized spacial score (nSPS) is 12.4. The van der Waals surface area contributed by atoms with Gasteiger partial charge in [0.2, 0.25) is 0 Å². The average Bonchev–Trinajstić information content (AvgIpc) is 3.16. The van der Waals surface area contributed by atoms with Crippen molar-refractivity contribution in [2.24, 2.45) is 0 Å². The van der Waals surface area contributed by atoms with E-state index in [4.69, 9.17) is 0 Å². The van der Waals surface area contributed by atoms with E-state index in [0.717, 1.165) is 24.3 Å². The highest BCUT2D eigenvalue weighted by Crippen LogP contribution is 2.19.